The first-order valence-corrected chi connectivity index (χ1v) is 12.7. The predicted molar refractivity (Wildman–Crippen MR) is 135 cm³/mol. The summed E-state index contributed by atoms with van der Waals surface area (Å²) in [6, 6.07) is 0. The summed E-state index contributed by atoms with van der Waals surface area (Å²) in [7, 11) is 0. The summed E-state index contributed by atoms with van der Waals surface area (Å²) in [5.74, 6) is -1.90. The monoisotopic (exact) mass is 592 g/mol. The lowest BCUT2D eigenvalue weighted by molar-refractivity contribution is -0.186. The van der Waals surface area contributed by atoms with Crippen molar-refractivity contribution in [3.8, 4) is 0 Å². The fourth-order valence-electron chi connectivity index (χ4n) is 3.74. The zero-order chi connectivity index (χ0) is 30.8. The van der Waals surface area contributed by atoms with E-state index in [1.54, 1.807) is 0 Å². The Kier molecular flexibility index (Phi) is 20.0. The third kappa shape index (κ3) is 12.3. The number of ether oxygens (including phenoxy) is 5. The van der Waals surface area contributed by atoms with Crippen LogP contribution in [0, 0.1) is 11.8 Å². The Labute approximate surface area is 233 Å². The van der Waals surface area contributed by atoms with Gasteiger partial charge in [-0.25, -0.2) is 0 Å². The third-order valence-corrected chi connectivity index (χ3v) is 6.62. The summed E-state index contributed by atoms with van der Waals surface area (Å²) in [5.41, 5.74) is -3.04. The maximum Gasteiger partial charge on any atom is 0.144 e. The van der Waals surface area contributed by atoms with E-state index in [4.69, 9.17) is 33.9 Å². The first-order valence-electron chi connectivity index (χ1n) is 12.7. The van der Waals surface area contributed by atoms with Crippen LogP contribution in [-0.2, 0) is 23.7 Å². The fourth-order valence-corrected chi connectivity index (χ4v) is 3.74. The van der Waals surface area contributed by atoms with Gasteiger partial charge in [-0.1, -0.05) is 0 Å². The molecule has 40 heavy (non-hydrogen) atoms. The van der Waals surface area contributed by atoms with E-state index in [1.165, 1.54) is 13.8 Å². The quantitative estimate of drug-likeness (QED) is 0.0269. The van der Waals surface area contributed by atoms with Gasteiger partial charge in [0.15, 0.2) is 0 Å². The van der Waals surface area contributed by atoms with E-state index in [1.807, 2.05) is 0 Å². The molecular weight excluding hydrogens is 544 g/mol. The van der Waals surface area contributed by atoms with E-state index < -0.39 is 100.0 Å². The summed E-state index contributed by atoms with van der Waals surface area (Å²) < 4.78 is 26.7. The molecular formula is C24H48O16. The molecule has 0 radical (unpaired) electrons. The molecule has 0 saturated heterocycles. The van der Waals surface area contributed by atoms with Crippen LogP contribution in [0.15, 0.2) is 12.5 Å². The molecule has 0 aromatic heterocycles. The van der Waals surface area contributed by atoms with Crippen LogP contribution < -0.4 is 0 Å². The number of rotatable bonds is 25. The molecule has 9 atom stereocenters. The first-order chi connectivity index (χ1) is 18.9. The highest BCUT2D eigenvalue weighted by molar-refractivity contribution is 4.89. The molecule has 0 rings (SSSR count). The Hall–Kier alpha value is -1.22. The van der Waals surface area contributed by atoms with Crippen molar-refractivity contribution in [3.63, 3.8) is 0 Å². The van der Waals surface area contributed by atoms with Crippen molar-refractivity contribution >= 4 is 0 Å². The van der Waals surface area contributed by atoms with Gasteiger partial charge in [0.2, 0.25) is 0 Å². The van der Waals surface area contributed by atoms with Crippen LogP contribution in [0.4, 0.5) is 0 Å². The number of aliphatic hydroxyl groups excluding tert-OH is 11. The largest absolute Gasteiger partial charge is 0.497 e. The van der Waals surface area contributed by atoms with Gasteiger partial charge in [-0.05, 0) is 13.8 Å². The molecule has 0 aliphatic carbocycles. The van der Waals surface area contributed by atoms with E-state index >= 15 is 0 Å². The van der Waals surface area contributed by atoms with Crippen LogP contribution in [0.3, 0.4) is 0 Å². The van der Waals surface area contributed by atoms with Crippen molar-refractivity contribution < 1.29 is 79.9 Å². The Morgan fingerprint density at radius 3 is 1.75 bits per heavy atom. The summed E-state index contributed by atoms with van der Waals surface area (Å²) in [4.78, 5) is 0. The second kappa shape index (κ2) is 20.6. The smallest absolute Gasteiger partial charge is 0.144 e. The lowest BCUT2D eigenvalue weighted by atomic mass is 9.85. The van der Waals surface area contributed by atoms with E-state index in [2.05, 4.69) is 0 Å². The Morgan fingerprint density at radius 2 is 1.25 bits per heavy atom. The highest BCUT2D eigenvalue weighted by Gasteiger charge is 2.40. The number of aliphatic hydroxyl groups is 11. The topological polar surface area (TPSA) is 269 Å². The van der Waals surface area contributed by atoms with Crippen LogP contribution in [0.25, 0.3) is 0 Å². The molecule has 16 heteroatoms. The molecule has 0 heterocycles. The van der Waals surface area contributed by atoms with Gasteiger partial charge in [-0.2, -0.15) is 0 Å². The molecule has 0 aliphatic rings. The van der Waals surface area contributed by atoms with Crippen LogP contribution in [-0.4, -0.2) is 171 Å². The Bertz CT molecular complexity index is 656. The molecule has 16 nitrogen and oxygen atoms in total. The third-order valence-electron chi connectivity index (χ3n) is 6.62. The predicted octanol–water partition coefficient (Wildman–Crippen LogP) is -4.99. The SMILES string of the molecule is CC(CO)(OCCOC[C@H](C(CO)O/C=C/OC[C@@H]([C@@H](O)CO)C(C)(CO)OCO)[C@@H](O)CO)[C@@H](O)[C@@H](O)CO. The van der Waals surface area contributed by atoms with Crippen molar-refractivity contribution in [2.75, 3.05) is 72.9 Å². The van der Waals surface area contributed by atoms with Crippen molar-refractivity contribution in [2.24, 2.45) is 11.8 Å². The molecule has 3 unspecified atom stereocenters. The summed E-state index contributed by atoms with van der Waals surface area (Å²) in [6.45, 7) is -2.73. The van der Waals surface area contributed by atoms with Crippen LogP contribution in [0.5, 0.6) is 0 Å². The molecule has 0 fully saturated rings. The first kappa shape index (κ1) is 38.8. The van der Waals surface area contributed by atoms with Crippen molar-refractivity contribution in [2.45, 2.75) is 55.6 Å². The minimum absolute atomic E-state index is 0.114. The molecule has 0 amide bonds. The molecule has 240 valence electrons. The van der Waals surface area contributed by atoms with Crippen molar-refractivity contribution in [3.05, 3.63) is 12.5 Å². The van der Waals surface area contributed by atoms with Crippen molar-refractivity contribution in [1.82, 2.24) is 0 Å². The molecule has 0 saturated carbocycles. The maximum absolute atomic E-state index is 10.2. The van der Waals surface area contributed by atoms with Gasteiger partial charge in [0.1, 0.15) is 43.2 Å². The standard InChI is InChI=1S/C24H48O16/c1-23(13-29,40-15-31)17(19(33)8-26)12-37-3-5-38-21(10-28)16(18(32)7-25)11-36-4-6-39-24(2,14-30)22(35)20(34)9-27/h3,5,16-22,25-35H,4,6-15H2,1-2H3/b5-3+/t16-,17-,18-,19-,20-,21?,22-,23?,24?/m0/s1. The number of hydrogen-bond donors (Lipinski definition) is 11. The molecule has 0 aromatic carbocycles. The van der Waals surface area contributed by atoms with Crippen LogP contribution >= 0.6 is 0 Å². The lowest BCUT2D eigenvalue weighted by Gasteiger charge is -2.37. The lowest BCUT2D eigenvalue weighted by Crippen LogP contribution is -2.53. The normalized spacial score (nSPS) is 20.6. The Morgan fingerprint density at radius 1 is 0.650 bits per heavy atom. The molecule has 0 aromatic rings. The average Bonchev–Trinajstić information content (AvgIpc) is 2.97. The second-order valence-corrected chi connectivity index (χ2v) is 9.57. The zero-order valence-corrected chi connectivity index (χ0v) is 22.9. The minimum Gasteiger partial charge on any atom is -0.497 e. The van der Waals surface area contributed by atoms with Crippen molar-refractivity contribution in [1.29, 1.82) is 0 Å². The van der Waals surface area contributed by atoms with E-state index in [-0.39, 0.29) is 26.4 Å². The maximum atomic E-state index is 10.2. The van der Waals surface area contributed by atoms with Gasteiger partial charge in [-0.15, -0.1) is 0 Å². The minimum atomic E-state index is -1.60. The molecule has 0 spiro atoms. The highest BCUT2D eigenvalue weighted by atomic mass is 16.6. The van der Waals surface area contributed by atoms with Crippen LogP contribution in [0.1, 0.15) is 13.8 Å². The van der Waals surface area contributed by atoms with Gasteiger partial charge in [-0.3, -0.25) is 0 Å². The molecule has 11 N–H and O–H groups in total. The van der Waals surface area contributed by atoms with Gasteiger partial charge < -0.3 is 79.9 Å². The summed E-state index contributed by atoms with van der Waals surface area (Å²) in [6.07, 6.45) is -4.84. The van der Waals surface area contributed by atoms with Gasteiger partial charge >= 0.3 is 0 Å². The van der Waals surface area contributed by atoms with Gasteiger partial charge in [0.05, 0.1) is 89.8 Å². The van der Waals surface area contributed by atoms with E-state index in [0.717, 1.165) is 12.5 Å². The zero-order valence-electron chi connectivity index (χ0n) is 22.9. The molecule has 0 aliphatic heterocycles. The fraction of sp³-hybridized carbons (Fsp3) is 0.917. The summed E-state index contributed by atoms with van der Waals surface area (Å²) in [5, 5.41) is 106. The van der Waals surface area contributed by atoms with E-state index in [9.17, 15) is 46.0 Å². The Balaban J connectivity index is 5.03. The van der Waals surface area contributed by atoms with Gasteiger partial charge in [0, 0.05) is 5.92 Å². The number of hydrogen-bond acceptors (Lipinski definition) is 16. The molecule has 0 bridgehead atoms. The van der Waals surface area contributed by atoms with Gasteiger partial charge in [0.25, 0.3) is 0 Å². The highest BCUT2D eigenvalue weighted by Crippen LogP contribution is 2.26. The summed E-state index contributed by atoms with van der Waals surface area (Å²) >= 11 is 0. The second-order valence-electron chi connectivity index (χ2n) is 9.57. The average molecular weight is 593 g/mol. The van der Waals surface area contributed by atoms with E-state index in [0.29, 0.717) is 0 Å². The van der Waals surface area contributed by atoms with Crippen LogP contribution in [0.2, 0.25) is 0 Å².